The lowest BCUT2D eigenvalue weighted by atomic mass is 9.95. The highest BCUT2D eigenvalue weighted by Gasteiger charge is 2.34. The van der Waals surface area contributed by atoms with Gasteiger partial charge < -0.3 is 10.2 Å². The van der Waals surface area contributed by atoms with Crippen LogP contribution in [0.3, 0.4) is 0 Å². The van der Waals surface area contributed by atoms with Gasteiger partial charge in [-0.3, -0.25) is 13.9 Å². The molecule has 7 nitrogen and oxygen atoms in total. The molecular formula is C30H32Cl2FN3O4S. The molecular weight excluding hydrogens is 588 g/mol. The van der Waals surface area contributed by atoms with E-state index in [-0.39, 0.29) is 34.1 Å². The first-order valence-corrected chi connectivity index (χ1v) is 15.6. The van der Waals surface area contributed by atoms with Crippen molar-refractivity contribution in [2.75, 3.05) is 10.8 Å². The van der Waals surface area contributed by atoms with E-state index in [0.29, 0.717) is 10.6 Å². The second-order valence-corrected chi connectivity index (χ2v) is 12.8. The van der Waals surface area contributed by atoms with E-state index in [1.165, 1.54) is 59.5 Å². The number of carbonyl (C=O) groups excluding carboxylic acids is 2. The van der Waals surface area contributed by atoms with Gasteiger partial charge in [-0.2, -0.15) is 0 Å². The number of hydrogen-bond donors (Lipinski definition) is 1. The van der Waals surface area contributed by atoms with Crippen molar-refractivity contribution in [1.82, 2.24) is 10.2 Å². The summed E-state index contributed by atoms with van der Waals surface area (Å²) in [6.45, 7) is 0.928. The van der Waals surface area contributed by atoms with Gasteiger partial charge in [-0.25, -0.2) is 12.8 Å². The van der Waals surface area contributed by atoms with Gasteiger partial charge in [0.05, 0.1) is 15.6 Å². The van der Waals surface area contributed by atoms with Crippen molar-refractivity contribution < 1.29 is 22.4 Å². The summed E-state index contributed by atoms with van der Waals surface area (Å²) in [5.74, 6) is -1.41. The number of nitrogens with one attached hydrogen (secondary N) is 1. The Morgan fingerprint density at radius 3 is 2.27 bits per heavy atom. The van der Waals surface area contributed by atoms with E-state index >= 15 is 0 Å². The molecule has 0 spiro atoms. The van der Waals surface area contributed by atoms with Crippen LogP contribution in [0.15, 0.2) is 77.7 Å². The fourth-order valence-corrected chi connectivity index (χ4v) is 6.87. The maximum Gasteiger partial charge on any atom is 0.264 e. The number of sulfonamides is 1. The molecule has 0 heterocycles. The molecule has 1 aliphatic carbocycles. The summed E-state index contributed by atoms with van der Waals surface area (Å²) in [5, 5.41) is 3.38. The average Bonchev–Trinajstić information content (AvgIpc) is 2.96. The Morgan fingerprint density at radius 2 is 1.63 bits per heavy atom. The fourth-order valence-electron chi connectivity index (χ4n) is 4.85. The monoisotopic (exact) mass is 619 g/mol. The summed E-state index contributed by atoms with van der Waals surface area (Å²) in [6, 6.07) is 16.7. The SMILES string of the molecule is C[C@H](C(=O)NC1CCCCC1)N(Cc1ccc(F)cc1)C(=O)CN(c1ccc(Cl)cc1Cl)S(=O)(=O)c1ccccc1. The summed E-state index contributed by atoms with van der Waals surface area (Å²) in [7, 11) is -4.26. The number of amides is 2. The van der Waals surface area contributed by atoms with E-state index in [9.17, 15) is 22.4 Å². The average molecular weight is 621 g/mol. The Kier molecular flexibility index (Phi) is 10.3. The smallest absolute Gasteiger partial charge is 0.264 e. The largest absolute Gasteiger partial charge is 0.352 e. The molecule has 4 rings (SSSR count). The maximum absolute atomic E-state index is 14.0. The minimum Gasteiger partial charge on any atom is -0.352 e. The van der Waals surface area contributed by atoms with Crippen LogP contribution < -0.4 is 9.62 Å². The van der Waals surface area contributed by atoms with Crippen molar-refractivity contribution in [3.05, 3.63) is 94.2 Å². The number of halogens is 3. The van der Waals surface area contributed by atoms with Crippen molar-refractivity contribution in [3.63, 3.8) is 0 Å². The van der Waals surface area contributed by atoms with Crippen molar-refractivity contribution in [2.24, 2.45) is 0 Å². The number of nitrogens with zero attached hydrogens (tertiary/aromatic N) is 2. The predicted octanol–water partition coefficient (Wildman–Crippen LogP) is 6.19. The molecule has 0 aliphatic heterocycles. The van der Waals surface area contributed by atoms with Crippen molar-refractivity contribution in [1.29, 1.82) is 0 Å². The Morgan fingerprint density at radius 1 is 0.976 bits per heavy atom. The molecule has 0 bridgehead atoms. The van der Waals surface area contributed by atoms with E-state index in [1.807, 2.05) is 0 Å². The van der Waals surface area contributed by atoms with Gasteiger partial charge in [-0.05, 0) is 67.8 Å². The van der Waals surface area contributed by atoms with Crippen LogP contribution in [0.2, 0.25) is 10.0 Å². The number of hydrogen-bond acceptors (Lipinski definition) is 4. The van der Waals surface area contributed by atoms with Gasteiger partial charge in [0.25, 0.3) is 10.0 Å². The molecule has 218 valence electrons. The Hall–Kier alpha value is -3.14. The number of carbonyl (C=O) groups is 2. The first-order chi connectivity index (χ1) is 19.6. The fraction of sp³-hybridized carbons (Fsp3) is 0.333. The molecule has 1 atom stereocenters. The lowest BCUT2D eigenvalue weighted by molar-refractivity contribution is -0.139. The number of rotatable bonds is 10. The Balaban J connectivity index is 1.69. The van der Waals surface area contributed by atoms with Gasteiger partial charge in [-0.15, -0.1) is 0 Å². The zero-order valence-electron chi connectivity index (χ0n) is 22.6. The second-order valence-electron chi connectivity index (χ2n) is 10.1. The van der Waals surface area contributed by atoms with E-state index in [1.54, 1.807) is 25.1 Å². The van der Waals surface area contributed by atoms with E-state index in [2.05, 4.69) is 5.32 Å². The second kappa shape index (κ2) is 13.7. The van der Waals surface area contributed by atoms with Crippen LogP contribution in [0.25, 0.3) is 0 Å². The molecule has 3 aromatic rings. The quantitative estimate of drug-likeness (QED) is 0.293. The molecule has 0 unspecified atom stereocenters. The van der Waals surface area contributed by atoms with E-state index < -0.39 is 34.3 Å². The third kappa shape index (κ3) is 7.78. The minimum absolute atomic E-state index is 0.0179. The summed E-state index contributed by atoms with van der Waals surface area (Å²) < 4.78 is 42.2. The summed E-state index contributed by atoms with van der Waals surface area (Å²) >= 11 is 12.5. The first kappa shape index (κ1) is 30.8. The molecule has 0 aromatic heterocycles. The molecule has 1 saturated carbocycles. The van der Waals surface area contributed by atoms with Crippen LogP contribution >= 0.6 is 23.2 Å². The van der Waals surface area contributed by atoms with Gasteiger partial charge in [-0.1, -0.05) is 72.8 Å². The van der Waals surface area contributed by atoms with Crippen molar-refractivity contribution >= 4 is 50.7 Å². The van der Waals surface area contributed by atoms with Crippen molar-refractivity contribution in [3.8, 4) is 0 Å². The third-order valence-electron chi connectivity index (χ3n) is 7.17. The van der Waals surface area contributed by atoms with Crippen LogP contribution in [-0.4, -0.2) is 43.8 Å². The molecule has 1 N–H and O–H groups in total. The zero-order chi connectivity index (χ0) is 29.6. The highest BCUT2D eigenvalue weighted by Crippen LogP contribution is 2.33. The summed E-state index contributed by atoms with van der Waals surface area (Å²) in [4.78, 5) is 28.6. The molecule has 41 heavy (non-hydrogen) atoms. The standard InChI is InChI=1S/C30H32Cl2FN3O4S/c1-21(30(38)34-25-8-4-2-5-9-25)35(19-22-12-15-24(33)16-13-22)29(37)20-36(28-17-14-23(31)18-27(28)32)41(39,40)26-10-6-3-7-11-26/h3,6-7,10-18,21,25H,2,4-5,8-9,19-20H2,1H3,(H,34,38)/t21-/m1/s1. The van der Waals surface area contributed by atoms with E-state index in [0.717, 1.165) is 36.4 Å². The topological polar surface area (TPSA) is 86.8 Å². The van der Waals surface area contributed by atoms with E-state index in [4.69, 9.17) is 23.2 Å². The van der Waals surface area contributed by atoms with Crippen LogP contribution in [0.4, 0.5) is 10.1 Å². The number of anilines is 1. The van der Waals surface area contributed by atoms with Gasteiger partial charge in [0, 0.05) is 17.6 Å². The van der Waals surface area contributed by atoms with Gasteiger partial charge >= 0.3 is 0 Å². The summed E-state index contributed by atoms with van der Waals surface area (Å²) in [6.07, 6.45) is 4.89. The Labute approximate surface area is 250 Å². The maximum atomic E-state index is 14.0. The highest BCUT2D eigenvalue weighted by molar-refractivity contribution is 7.92. The molecule has 11 heteroatoms. The van der Waals surface area contributed by atoms with Crippen molar-refractivity contribution in [2.45, 2.75) is 62.6 Å². The molecule has 1 aliphatic rings. The van der Waals surface area contributed by atoms with Crippen LogP contribution in [0, 0.1) is 5.82 Å². The third-order valence-corrected chi connectivity index (χ3v) is 9.49. The number of benzene rings is 3. The molecule has 1 fully saturated rings. The minimum atomic E-state index is -4.26. The lowest BCUT2D eigenvalue weighted by Gasteiger charge is -2.33. The van der Waals surface area contributed by atoms with Gasteiger partial charge in [0.15, 0.2) is 0 Å². The van der Waals surface area contributed by atoms with Crippen LogP contribution in [-0.2, 0) is 26.2 Å². The summed E-state index contributed by atoms with van der Waals surface area (Å²) in [5.41, 5.74) is 0.647. The highest BCUT2D eigenvalue weighted by atomic mass is 35.5. The molecule has 3 aromatic carbocycles. The molecule has 0 saturated heterocycles. The van der Waals surface area contributed by atoms with Crippen LogP contribution in [0.5, 0.6) is 0 Å². The van der Waals surface area contributed by atoms with Gasteiger partial charge in [0.1, 0.15) is 18.4 Å². The predicted molar refractivity (Wildman–Crippen MR) is 159 cm³/mol. The lowest BCUT2D eigenvalue weighted by Crippen LogP contribution is -2.53. The Bertz CT molecular complexity index is 1470. The normalized spacial score (nSPS) is 14.7. The zero-order valence-corrected chi connectivity index (χ0v) is 24.9. The first-order valence-electron chi connectivity index (χ1n) is 13.4. The van der Waals surface area contributed by atoms with Gasteiger partial charge in [0.2, 0.25) is 11.8 Å². The molecule has 0 radical (unpaired) electrons. The molecule has 2 amide bonds. The van der Waals surface area contributed by atoms with Crippen LogP contribution in [0.1, 0.15) is 44.6 Å².